The van der Waals surface area contributed by atoms with Crippen LogP contribution in [0.5, 0.6) is 11.5 Å². The molecule has 1 saturated heterocycles. The van der Waals surface area contributed by atoms with Gasteiger partial charge in [-0.3, -0.25) is 4.90 Å². The van der Waals surface area contributed by atoms with Gasteiger partial charge in [0.05, 0.1) is 24.2 Å². The Labute approximate surface area is 207 Å². The second-order valence-corrected chi connectivity index (χ2v) is 9.27. The predicted octanol–water partition coefficient (Wildman–Crippen LogP) is 6.14. The smallest absolute Gasteiger partial charge is 0.419 e. The van der Waals surface area contributed by atoms with Crippen molar-refractivity contribution in [1.82, 2.24) is 14.9 Å². The number of halogens is 4. The average molecular weight is 507 g/mol. The van der Waals surface area contributed by atoms with Gasteiger partial charge in [0.25, 0.3) is 0 Å². The van der Waals surface area contributed by atoms with Crippen molar-refractivity contribution in [2.24, 2.45) is 0 Å². The van der Waals surface area contributed by atoms with E-state index in [1.54, 1.807) is 33.1 Å². The standard InChI is InChI=1S/C26H30F4N4O2/c1-14-9-10-17(34(14)4)13-36-23-11-19-21(12-22(23)35-5)32-16(3)33-25(19)31-15(2)18-7-6-8-20(24(18)27)26(28,29)30/h6-8,11-12,14-15,17H,9-10,13H2,1-5H3,(H,31,32,33)/t14-,15+,17-/m0/s1. The minimum atomic E-state index is -4.79. The minimum absolute atomic E-state index is 0.113. The first kappa shape index (κ1) is 25.9. The van der Waals surface area contributed by atoms with Crippen LogP contribution in [0.4, 0.5) is 23.4 Å². The molecule has 4 rings (SSSR count). The first-order valence-electron chi connectivity index (χ1n) is 11.8. The molecule has 0 aliphatic carbocycles. The number of nitrogens with one attached hydrogen (secondary N) is 1. The highest BCUT2D eigenvalue weighted by Gasteiger charge is 2.35. The van der Waals surface area contributed by atoms with Gasteiger partial charge >= 0.3 is 6.18 Å². The quantitative estimate of drug-likeness (QED) is 0.389. The van der Waals surface area contributed by atoms with E-state index < -0.39 is 23.6 Å². The van der Waals surface area contributed by atoms with Gasteiger partial charge in [-0.05, 0) is 52.8 Å². The van der Waals surface area contributed by atoms with Gasteiger partial charge in [0, 0.05) is 29.1 Å². The largest absolute Gasteiger partial charge is 0.493 e. The molecule has 1 aromatic heterocycles. The van der Waals surface area contributed by atoms with Crippen molar-refractivity contribution in [3.63, 3.8) is 0 Å². The van der Waals surface area contributed by atoms with Gasteiger partial charge in [-0.1, -0.05) is 12.1 Å². The summed E-state index contributed by atoms with van der Waals surface area (Å²) in [6.45, 7) is 5.95. The lowest BCUT2D eigenvalue weighted by Crippen LogP contribution is -2.34. The Hall–Kier alpha value is -3.14. The van der Waals surface area contributed by atoms with E-state index in [1.807, 2.05) is 0 Å². The van der Waals surface area contributed by atoms with E-state index in [0.29, 0.717) is 46.7 Å². The number of benzene rings is 2. The summed E-state index contributed by atoms with van der Waals surface area (Å²) in [5.41, 5.74) is -0.848. The summed E-state index contributed by atoms with van der Waals surface area (Å²) in [6, 6.07) is 6.71. The van der Waals surface area contributed by atoms with Crippen LogP contribution in [0.2, 0.25) is 0 Å². The summed E-state index contributed by atoms with van der Waals surface area (Å²) in [5, 5.41) is 3.66. The Balaban J connectivity index is 1.67. The fourth-order valence-electron chi connectivity index (χ4n) is 4.61. The molecule has 2 heterocycles. The molecule has 0 radical (unpaired) electrons. The monoisotopic (exact) mass is 506 g/mol. The van der Waals surface area contributed by atoms with Crippen molar-refractivity contribution in [1.29, 1.82) is 0 Å². The second kappa shape index (κ2) is 10.1. The van der Waals surface area contributed by atoms with E-state index >= 15 is 0 Å². The Kier molecular flexibility index (Phi) is 7.26. The van der Waals surface area contributed by atoms with Crippen LogP contribution in [0.1, 0.15) is 49.7 Å². The van der Waals surface area contributed by atoms with Crippen LogP contribution in [-0.2, 0) is 6.18 Å². The van der Waals surface area contributed by atoms with E-state index in [4.69, 9.17) is 9.47 Å². The van der Waals surface area contributed by atoms with Crippen LogP contribution < -0.4 is 14.8 Å². The van der Waals surface area contributed by atoms with E-state index in [9.17, 15) is 17.6 Å². The van der Waals surface area contributed by atoms with Crippen molar-refractivity contribution in [3.05, 3.63) is 53.1 Å². The van der Waals surface area contributed by atoms with Crippen molar-refractivity contribution in [3.8, 4) is 11.5 Å². The van der Waals surface area contributed by atoms with Crippen molar-refractivity contribution in [2.45, 2.75) is 57.9 Å². The molecule has 1 aliphatic heterocycles. The number of hydrogen-bond donors (Lipinski definition) is 1. The highest BCUT2D eigenvalue weighted by molar-refractivity contribution is 5.92. The number of likely N-dealkylation sites (N-methyl/N-ethyl adjacent to an activating group) is 1. The zero-order chi connectivity index (χ0) is 26.2. The number of aromatic nitrogens is 2. The van der Waals surface area contributed by atoms with Crippen molar-refractivity contribution < 1.29 is 27.0 Å². The molecule has 36 heavy (non-hydrogen) atoms. The number of likely N-dealkylation sites (tertiary alicyclic amines) is 1. The van der Waals surface area contributed by atoms with Crippen LogP contribution in [-0.4, -0.2) is 47.7 Å². The van der Waals surface area contributed by atoms with Gasteiger partial charge in [0.1, 0.15) is 24.1 Å². The Bertz CT molecular complexity index is 1250. The molecule has 0 amide bonds. The lowest BCUT2D eigenvalue weighted by atomic mass is 10.0. The maximum atomic E-state index is 14.8. The van der Waals surface area contributed by atoms with Crippen molar-refractivity contribution >= 4 is 16.7 Å². The van der Waals surface area contributed by atoms with E-state index in [1.165, 1.54) is 12.1 Å². The molecule has 10 heteroatoms. The van der Waals surface area contributed by atoms with Gasteiger partial charge in [-0.15, -0.1) is 0 Å². The number of nitrogens with zero attached hydrogens (tertiary/aromatic N) is 3. The molecule has 0 unspecified atom stereocenters. The third-order valence-electron chi connectivity index (χ3n) is 6.87. The SMILES string of the molecule is COc1cc2nc(C)nc(N[C@H](C)c3cccc(C(F)(F)F)c3F)c2cc1OC[C@@H]1CC[C@H](C)N1C. The lowest BCUT2D eigenvalue weighted by molar-refractivity contribution is -0.140. The summed E-state index contributed by atoms with van der Waals surface area (Å²) in [4.78, 5) is 11.2. The summed E-state index contributed by atoms with van der Waals surface area (Å²) in [6.07, 6.45) is -2.65. The summed E-state index contributed by atoms with van der Waals surface area (Å²) < 4.78 is 66.1. The van der Waals surface area contributed by atoms with Crippen molar-refractivity contribution in [2.75, 3.05) is 26.1 Å². The molecule has 1 aliphatic rings. The Morgan fingerprint density at radius 1 is 1.17 bits per heavy atom. The van der Waals surface area contributed by atoms with E-state index in [2.05, 4.69) is 34.2 Å². The third-order valence-corrected chi connectivity index (χ3v) is 6.87. The number of aryl methyl sites for hydroxylation is 1. The molecule has 1 N–H and O–H groups in total. The molecule has 3 aromatic rings. The van der Waals surface area contributed by atoms with Gasteiger partial charge in [0.2, 0.25) is 0 Å². The molecule has 2 aromatic carbocycles. The van der Waals surface area contributed by atoms with Crippen LogP contribution in [0.25, 0.3) is 10.9 Å². The molecule has 0 saturated carbocycles. The zero-order valence-corrected chi connectivity index (χ0v) is 20.9. The highest BCUT2D eigenvalue weighted by Crippen LogP contribution is 2.37. The zero-order valence-electron chi connectivity index (χ0n) is 20.9. The fourth-order valence-corrected chi connectivity index (χ4v) is 4.61. The molecular formula is C26H30F4N4O2. The molecule has 3 atom stereocenters. The van der Waals surface area contributed by atoms with Crippen LogP contribution in [0.15, 0.2) is 30.3 Å². The van der Waals surface area contributed by atoms with Gasteiger partial charge in [-0.2, -0.15) is 13.2 Å². The van der Waals surface area contributed by atoms with E-state index in [0.717, 1.165) is 18.9 Å². The lowest BCUT2D eigenvalue weighted by Gasteiger charge is -2.24. The van der Waals surface area contributed by atoms with Gasteiger partial charge in [0.15, 0.2) is 11.5 Å². The molecule has 6 nitrogen and oxygen atoms in total. The molecule has 1 fully saturated rings. The van der Waals surface area contributed by atoms with Crippen LogP contribution in [0, 0.1) is 12.7 Å². The Morgan fingerprint density at radius 2 is 1.92 bits per heavy atom. The highest BCUT2D eigenvalue weighted by atomic mass is 19.4. The molecule has 0 bridgehead atoms. The number of alkyl halides is 3. The van der Waals surface area contributed by atoms with Gasteiger partial charge in [-0.25, -0.2) is 14.4 Å². The number of rotatable bonds is 7. The maximum Gasteiger partial charge on any atom is 0.419 e. The minimum Gasteiger partial charge on any atom is -0.493 e. The normalized spacial score (nSPS) is 19.5. The Morgan fingerprint density at radius 3 is 2.56 bits per heavy atom. The van der Waals surface area contributed by atoms with Gasteiger partial charge < -0.3 is 14.8 Å². The first-order valence-corrected chi connectivity index (χ1v) is 11.8. The number of ether oxygens (including phenoxy) is 2. The molecule has 0 spiro atoms. The fraction of sp³-hybridized carbons (Fsp3) is 0.462. The number of fused-ring (bicyclic) bond motifs is 1. The van der Waals surface area contributed by atoms with Crippen LogP contribution >= 0.6 is 0 Å². The topological polar surface area (TPSA) is 59.5 Å². The summed E-state index contributed by atoms with van der Waals surface area (Å²) in [5.74, 6) is 0.518. The molecule has 194 valence electrons. The third kappa shape index (κ3) is 5.18. The van der Waals surface area contributed by atoms with E-state index in [-0.39, 0.29) is 11.6 Å². The number of methoxy groups -OCH3 is 1. The predicted molar refractivity (Wildman–Crippen MR) is 130 cm³/mol. The van der Waals surface area contributed by atoms with Crippen LogP contribution in [0.3, 0.4) is 0 Å². The summed E-state index contributed by atoms with van der Waals surface area (Å²) in [7, 11) is 3.62. The second-order valence-electron chi connectivity index (χ2n) is 9.27. The number of hydrogen-bond acceptors (Lipinski definition) is 6. The molecular weight excluding hydrogens is 476 g/mol. The number of anilines is 1. The first-order chi connectivity index (χ1) is 17.0. The maximum absolute atomic E-state index is 14.8. The average Bonchev–Trinajstić information content (AvgIpc) is 3.13. The summed E-state index contributed by atoms with van der Waals surface area (Å²) >= 11 is 0.